The molecule has 0 aliphatic carbocycles. The van der Waals surface area contributed by atoms with E-state index >= 15 is 0 Å². The van der Waals surface area contributed by atoms with E-state index in [4.69, 9.17) is 19.0 Å². The maximum Gasteiger partial charge on any atom is 0.371 e. The highest BCUT2D eigenvalue weighted by Gasteiger charge is 2.10. The summed E-state index contributed by atoms with van der Waals surface area (Å²) in [6, 6.07) is 6.67. The Morgan fingerprint density at radius 1 is 1.35 bits per heavy atom. The second kappa shape index (κ2) is 4.88. The molecule has 0 spiro atoms. The van der Waals surface area contributed by atoms with Crippen LogP contribution >= 0.6 is 0 Å². The van der Waals surface area contributed by atoms with Gasteiger partial charge < -0.3 is 19.0 Å². The van der Waals surface area contributed by atoms with Crippen LogP contribution in [0.5, 0.6) is 5.75 Å². The number of rotatable bonds is 5. The lowest BCUT2D eigenvalue weighted by Crippen LogP contribution is -2.03. The summed E-state index contributed by atoms with van der Waals surface area (Å²) in [6.07, 6.45) is 0. The number of hydrogen-bond donors (Lipinski definition) is 1. The van der Waals surface area contributed by atoms with E-state index in [0.29, 0.717) is 24.5 Å². The largest absolute Gasteiger partial charge is 0.491 e. The lowest BCUT2D eigenvalue weighted by Gasteiger charge is -2.04. The third kappa shape index (κ3) is 2.57. The summed E-state index contributed by atoms with van der Waals surface area (Å²) < 4.78 is 15.4. The summed E-state index contributed by atoms with van der Waals surface area (Å²) >= 11 is 0. The van der Waals surface area contributed by atoms with Crippen molar-refractivity contribution in [3.05, 3.63) is 30.0 Å². The first-order chi connectivity index (χ1) is 8.20. The van der Waals surface area contributed by atoms with Gasteiger partial charge in [-0.15, -0.1) is 0 Å². The smallest absolute Gasteiger partial charge is 0.371 e. The first-order valence-corrected chi connectivity index (χ1v) is 5.09. The molecule has 2 rings (SSSR count). The van der Waals surface area contributed by atoms with E-state index in [-0.39, 0.29) is 5.76 Å². The third-order valence-corrected chi connectivity index (χ3v) is 2.26. The van der Waals surface area contributed by atoms with Gasteiger partial charge in [-0.05, 0) is 18.2 Å². The number of aromatic carboxylic acids is 1. The van der Waals surface area contributed by atoms with E-state index in [1.165, 1.54) is 6.07 Å². The molecule has 17 heavy (non-hydrogen) atoms. The highest BCUT2D eigenvalue weighted by Crippen LogP contribution is 2.24. The number of furan rings is 1. The van der Waals surface area contributed by atoms with Crippen LogP contribution in [0, 0.1) is 0 Å². The minimum Gasteiger partial charge on any atom is -0.491 e. The fourth-order valence-corrected chi connectivity index (χ4v) is 1.45. The summed E-state index contributed by atoms with van der Waals surface area (Å²) in [4.78, 5) is 10.7. The molecule has 0 radical (unpaired) electrons. The second-order valence-electron chi connectivity index (χ2n) is 3.46. The predicted octanol–water partition coefficient (Wildman–Crippen LogP) is 2.16. The topological polar surface area (TPSA) is 68.9 Å². The van der Waals surface area contributed by atoms with E-state index in [9.17, 15) is 4.79 Å². The quantitative estimate of drug-likeness (QED) is 0.805. The molecule has 0 bridgehead atoms. The Hall–Kier alpha value is -2.01. The number of carboxylic acid groups (broad SMARTS) is 1. The van der Waals surface area contributed by atoms with E-state index in [1.807, 2.05) is 0 Å². The predicted molar refractivity (Wildman–Crippen MR) is 60.5 cm³/mol. The van der Waals surface area contributed by atoms with Gasteiger partial charge in [0, 0.05) is 18.6 Å². The average Bonchev–Trinajstić information content (AvgIpc) is 2.72. The minimum atomic E-state index is -1.08. The Balaban J connectivity index is 2.21. The number of carbonyl (C=O) groups is 1. The molecule has 0 aliphatic heterocycles. The second-order valence-corrected chi connectivity index (χ2v) is 3.46. The van der Waals surface area contributed by atoms with Crippen molar-refractivity contribution in [1.82, 2.24) is 0 Å². The number of carboxylic acids is 1. The third-order valence-electron chi connectivity index (χ3n) is 2.26. The van der Waals surface area contributed by atoms with Crippen molar-refractivity contribution in [3.63, 3.8) is 0 Å². The molecule has 0 fully saturated rings. The van der Waals surface area contributed by atoms with Gasteiger partial charge in [-0.2, -0.15) is 0 Å². The summed E-state index contributed by atoms with van der Waals surface area (Å²) in [7, 11) is 1.60. The molecule has 0 unspecified atom stereocenters. The molecule has 1 aromatic carbocycles. The van der Waals surface area contributed by atoms with Crippen molar-refractivity contribution in [2.24, 2.45) is 0 Å². The summed E-state index contributed by atoms with van der Waals surface area (Å²) in [5, 5.41) is 9.52. The van der Waals surface area contributed by atoms with Crippen LogP contribution in [0.15, 0.2) is 28.7 Å². The fourth-order valence-electron chi connectivity index (χ4n) is 1.45. The van der Waals surface area contributed by atoms with Gasteiger partial charge in [-0.1, -0.05) is 0 Å². The minimum absolute atomic E-state index is 0.0750. The van der Waals surface area contributed by atoms with Crippen LogP contribution in [-0.4, -0.2) is 31.4 Å². The molecule has 90 valence electrons. The van der Waals surface area contributed by atoms with Gasteiger partial charge in [0.25, 0.3) is 0 Å². The Morgan fingerprint density at radius 3 is 2.88 bits per heavy atom. The maximum atomic E-state index is 10.7. The molecule has 0 saturated carbocycles. The molecular formula is C12H12O5. The van der Waals surface area contributed by atoms with Gasteiger partial charge in [0.05, 0.1) is 6.61 Å². The zero-order valence-corrected chi connectivity index (χ0v) is 9.30. The molecule has 0 saturated heterocycles. The SMILES string of the molecule is COCCOc1ccc2cc(C(=O)O)oc2c1. The Bertz CT molecular complexity index is 529. The average molecular weight is 236 g/mol. The molecule has 1 N–H and O–H groups in total. The molecule has 2 aromatic rings. The highest BCUT2D eigenvalue weighted by atomic mass is 16.5. The van der Waals surface area contributed by atoms with Gasteiger partial charge in [0.2, 0.25) is 5.76 Å². The Morgan fingerprint density at radius 2 is 2.18 bits per heavy atom. The first kappa shape index (κ1) is 11.5. The standard InChI is InChI=1S/C12H12O5/c1-15-4-5-16-9-3-2-8-6-11(12(13)14)17-10(8)7-9/h2-3,6-7H,4-5H2,1H3,(H,13,14). The summed E-state index contributed by atoms with van der Waals surface area (Å²) in [5.74, 6) is -0.530. The van der Waals surface area contributed by atoms with Gasteiger partial charge in [0.15, 0.2) is 0 Å². The van der Waals surface area contributed by atoms with Crippen LogP contribution in [0.1, 0.15) is 10.6 Å². The van der Waals surface area contributed by atoms with Crippen molar-refractivity contribution in [2.75, 3.05) is 20.3 Å². The molecular weight excluding hydrogens is 224 g/mol. The monoisotopic (exact) mass is 236 g/mol. The van der Waals surface area contributed by atoms with Crippen LogP contribution in [0.2, 0.25) is 0 Å². The number of benzene rings is 1. The molecule has 1 aromatic heterocycles. The zero-order chi connectivity index (χ0) is 12.3. The molecule has 5 heteroatoms. The normalized spacial score (nSPS) is 10.6. The number of methoxy groups -OCH3 is 1. The zero-order valence-electron chi connectivity index (χ0n) is 9.30. The molecule has 0 amide bonds. The van der Waals surface area contributed by atoms with Gasteiger partial charge in [-0.25, -0.2) is 4.79 Å². The van der Waals surface area contributed by atoms with Crippen molar-refractivity contribution in [3.8, 4) is 5.75 Å². The van der Waals surface area contributed by atoms with Crippen LogP contribution in [0.3, 0.4) is 0 Å². The van der Waals surface area contributed by atoms with E-state index < -0.39 is 5.97 Å². The van der Waals surface area contributed by atoms with Crippen LogP contribution in [-0.2, 0) is 4.74 Å². The van der Waals surface area contributed by atoms with Gasteiger partial charge in [0.1, 0.15) is 17.9 Å². The van der Waals surface area contributed by atoms with E-state index in [1.54, 1.807) is 25.3 Å². The molecule has 5 nitrogen and oxygen atoms in total. The lowest BCUT2D eigenvalue weighted by molar-refractivity contribution is 0.0665. The van der Waals surface area contributed by atoms with E-state index in [0.717, 1.165) is 5.39 Å². The summed E-state index contributed by atoms with van der Waals surface area (Å²) in [6.45, 7) is 0.936. The number of ether oxygens (including phenoxy) is 2. The van der Waals surface area contributed by atoms with Gasteiger partial charge >= 0.3 is 5.97 Å². The Labute approximate surface area is 97.6 Å². The number of hydrogen-bond acceptors (Lipinski definition) is 4. The first-order valence-electron chi connectivity index (χ1n) is 5.09. The summed E-state index contributed by atoms with van der Waals surface area (Å²) in [5.41, 5.74) is 0.498. The molecule has 1 heterocycles. The maximum absolute atomic E-state index is 10.7. The van der Waals surface area contributed by atoms with Gasteiger partial charge in [-0.3, -0.25) is 0 Å². The van der Waals surface area contributed by atoms with Crippen molar-refractivity contribution >= 4 is 16.9 Å². The van der Waals surface area contributed by atoms with Crippen molar-refractivity contribution < 1.29 is 23.8 Å². The van der Waals surface area contributed by atoms with Crippen LogP contribution in [0.4, 0.5) is 0 Å². The fraction of sp³-hybridized carbons (Fsp3) is 0.250. The lowest BCUT2D eigenvalue weighted by atomic mass is 10.2. The Kier molecular flexibility index (Phi) is 3.30. The van der Waals surface area contributed by atoms with Crippen LogP contribution < -0.4 is 4.74 Å². The van der Waals surface area contributed by atoms with E-state index in [2.05, 4.69) is 0 Å². The van der Waals surface area contributed by atoms with Crippen molar-refractivity contribution in [2.45, 2.75) is 0 Å². The van der Waals surface area contributed by atoms with Crippen molar-refractivity contribution in [1.29, 1.82) is 0 Å². The van der Waals surface area contributed by atoms with Crippen LogP contribution in [0.25, 0.3) is 11.0 Å². The number of fused-ring (bicyclic) bond motifs is 1. The molecule has 0 aliphatic rings. The molecule has 0 atom stereocenters. The highest BCUT2D eigenvalue weighted by molar-refractivity contribution is 5.91.